The van der Waals surface area contributed by atoms with Crippen molar-refractivity contribution in [1.29, 1.82) is 0 Å². The number of hydrogen-bond donors (Lipinski definition) is 3. The Morgan fingerprint density at radius 2 is 1.69 bits per heavy atom. The largest absolute Gasteiger partial charge is 0.459 e. The Hall–Kier alpha value is -4.34. The number of alkyl halides is 3. The fourth-order valence-corrected chi connectivity index (χ4v) is 3.15. The van der Waals surface area contributed by atoms with Crippen molar-refractivity contribution < 1.29 is 32.0 Å². The first-order valence-electron chi connectivity index (χ1n) is 10.6. The summed E-state index contributed by atoms with van der Waals surface area (Å²) in [5.74, 6) is -1.72. The average Bonchev–Trinajstić information content (AvgIpc) is 3.45. The second kappa shape index (κ2) is 9.88. The van der Waals surface area contributed by atoms with Crippen LogP contribution in [0.2, 0.25) is 0 Å². The van der Waals surface area contributed by atoms with Gasteiger partial charge in [-0.05, 0) is 66.9 Å². The number of furan rings is 1. The molecule has 1 fully saturated rings. The number of halogens is 3. The number of amides is 3. The first kappa shape index (κ1) is 23.8. The van der Waals surface area contributed by atoms with Crippen LogP contribution < -0.4 is 16.0 Å². The zero-order valence-corrected chi connectivity index (χ0v) is 18.2. The highest BCUT2D eigenvalue weighted by molar-refractivity contribution is 6.04. The van der Waals surface area contributed by atoms with Crippen LogP contribution in [0.4, 0.5) is 24.5 Å². The minimum Gasteiger partial charge on any atom is -0.459 e. The Labute approximate surface area is 198 Å². The molecule has 0 bridgehead atoms. The Morgan fingerprint density at radius 3 is 2.31 bits per heavy atom. The van der Waals surface area contributed by atoms with E-state index in [9.17, 15) is 27.6 Å². The van der Waals surface area contributed by atoms with E-state index in [4.69, 9.17) is 4.42 Å². The molecule has 0 radical (unpaired) electrons. The van der Waals surface area contributed by atoms with Gasteiger partial charge in [0.05, 0.1) is 17.5 Å². The van der Waals surface area contributed by atoms with E-state index in [-0.39, 0.29) is 23.4 Å². The molecule has 3 aromatic rings. The normalized spacial score (nSPS) is 13.5. The highest BCUT2D eigenvalue weighted by Gasteiger charge is 2.34. The van der Waals surface area contributed by atoms with Crippen molar-refractivity contribution in [3.63, 3.8) is 0 Å². The molecular formula is C25H20F3N3O4. The summed E-state index contributed by atoms with van der Waals surface area (Å²) in [5.41, 5.74) is -0.626. The second-order valence-corrected chi connectivity index (χ2v) is 7.88. The number of hydrogen-bond acceptors (Lipinski definition) is 4. The zero-order valence-electron chi connectivity index (χ0n) is 18.2. The SMILES string of the molecule is O=C(/C=C/c1ccc(C(=O)NC2CC2)cc1)Nc1ccc(NC(=O)c2ccco2)cc1C(F)(F)F. The summed E-state index contributed by atoms with van der Waals surface area (Å²) >= 11 is 0. The fourth-order valence-electron chi connectivity index (χ4n) is 3.15. The van der Waals surface area contributed by atoms with Crippen LogP contribution >= 0.6 is 0 Å². The summed E-state index contributed by atoms with van der Waals surface area (Å²) in [6, 6.07) is 12.6. The molecule has 3 amide bonds. The molecule has 180 valence electrons. The summed E-state index contributed by atoms with van der Waals surface area (Å²) in [6.45, 7) is 0. The predicted molar refractivity (Wildman–Crippen MR) is 123 cm³/mol. The van der Waals surface area contributed by atoms with Crippen LogP contribution in [0.1, 0.15) is 44.9 Å². The lowest BCUT2D eigenvalue weighted by atomic mass is 10.1. The van der Waals surface area contributed by atoms with Gasteiger partial charge in [-0.3, -0.25) is 14.4 Å². The van der Waals surface area contributed by atoms with Gasteiger partial charge in [0, 0.05) is 23.4 Å². The maximum Gasteiger partial charge on any atom is 0.418 e. The Morgan fingerprint density at radius 1 is 0.943 bits per heavy atom. The van der Waals surface area contributed by atoms with Crippen LogP contribution in [-0.2, 0) is 11.0 Å². The van der Waals surface area contributed by atoms with E-state index < -0.39 is 29.2 Å². The van der Waals surface area contributed by atoms with Crippen LogP contribution in [0.15, 0.2) is 71.4 Å². The number of rotatable bonds is 7. The third-order valence-corrected chi connectivity index (χ3v) is 5.10. The molecule has 2 aromatic carbocycles. The number of benzene rings is 2. The molecule has 1 heterocycles. The molecule has 35 heavy (non-hydrogen) atoms. The van der Waals surface area contributed by atoms with Crippen molar-refractivity contribution in [2.45, 2.75) is 25.1 Å². The molecule has 3 N–H and O–H groups in total. The van der Waals surface area contributed by atoms with Gasteiger partial charge in [-0.15, -0.1) is 0 Å². The molecule has 4 rings (SSSR count). The summed E-state index contributed by atoms with van der Waals surface area (Å²) in [6.07, 6.45) is 0.937. The van der Waals surface area contributed by atoms with Crippen molar-refractivity contribution in [3.8, 4) is 0 Å². The first-order valence-corrected chi connectivity index (χ1v) is 10.6. The van der Waals surface area contributed by atoms with E-state index in [0.717, 1.165) is 31.1 Å². The number of nitrogens with one attached hydrogen (secondary N) is 3. The Bertz CT molecular complexity index is 1260. The molecular weight excluding hydrogens is 463 g/mol. The van der Waals surface area contributed by atoms with Gasteiger partial charge in [-0.25, -0.2) is 0 Å². The van der Waals surface area contributed by atoms with Gasteiger partial charge in [0.25, 0.3) is 11.8 Å². The highest BCUT2D eigenvalue weighted by atomic mass is 19.4. The van der Waals surface area contributed by atoms with Gasteiger partial charge in [0.15, 0.2) is 5.76 Å². The van der Waals surface area contributed by atoms with Crippen molar-refractivity contribution in [3.05, 3.63) is 89.4 Å². The molecule has 0 unspecified atom stereocenters. The van der Waals surface area contributed by atoms with Crippen molar-refractivity contribution in [2.24, 2.45) is 0 Å². The molecule has 0 saturated heterocycles. The molecule has 0 aliphatic heterocycles. The van der Waals surface area contributed by atoms with Crippen LogP contribution in [0.3, 0.4) is 0 Å². The fraction of sp³-hybridized carbons (Fsp3) is 0.160. The number of carbonyl (C=O) groups is 3. The van der Waals surface area contributed by atoms with Gasteiger partial charge < -0.3 is 20.4 Å². The zero-order chi connectivity index (χ0) is 25.0. The third-order valence-electron chi connectivity index (χ3n) is 5.10. The summed E-state index contributed by atoms with van der Waals surface area (Å²) in [4.78, 5) is 36.3. The van der Waals surface area contributed by atoms with Crippen LogP contribution in [-0.4, -0.2) is 23.8 Å². The topological polar surface area (TPSA) is 100 Å². The van der Waals surface area contributed by atoms with Crippen LogP contribution in [0.5, 0.6) is 0 Å². The lowest BCUT2D eigenvalue weighted by Gasteiger charge is -2.15. The van der Waals surface area contributed by atoms with Crippen LogP contribution in [0.25, 0.3) is 6.08 Å². The summed E-state index contributed by atoms with van der Waals surface area (Å²) in [5, 5.41) is 7.40. The van der Waals surface area contributed by atoms with Gasteiger partial charge in [0.2, 0.25) is 5.91 Å². The van der Waals surface area contributed by atoms with Crippen molar-refractivity contribution in [2.75, 3.05) is 10.6 Å². The minimum absolute atomic E-state index is 0.0577. The van der Waals surface area contributed by atoms with E-state index in [0.29, 0.717) is 11.1 Å². The summed E-state index contributed by atoms with van der Waals surface area (Å²) < 4.78 is 45.7. The molecule has 10 heteroatoms. The van der Waals surface area contributed by atoms with Crippen molar-refractivity contribution >= 4 is 35.2 Å². The second-order valence-electron chi connectivity index (χ2n) is 7.88. The third kappa shape index (κ3) is 6.38. The quantitative estimate of drug-likeness (QED) is 0.408. The van der Waals surface area contributed by atoms with Gasteiger partial charge in [-0.2, -0.15) is 13.2 Å². The van der Waals surface area contributed by atoms with Gasteiger partial charge >= 0.3 is 6.18 Å². The standard InChI is InChI=1S/C25H20F3N3O4/c26-25(27,28)19-14-18(30-24(34)21-2-1-13-35-21)10-11-20(19)31-22(32)12-5-15-3-6-16(7-4-15)23(33)29-17-8-9-17/h1-7,10-14,17H,8-9H2,(H,29,33)(H,30,34)(H,31,32)/b12-5+. The minimum atomic E-state index is -4.78. The molecule has 1 saturated carbocycles. The average molecular weight is 483 g/mol. The number of anilines is 2. The molecule has 1 aliphatic rings. The van der Waals surface area contributed by atoms with E-state index in [2.05, 4.69) is 16.0 Å². The smallest absolute Gasteiger partial charge is 0.418 e. The maximum atomic E-state index is 13.6. The Balaban J connectivity index is 1.42. The first-order chi connectivity index (χ1) is 16.7. The van der Waals surface area contributed by atoms with Crippen LogP contribution in [0, 0.1) is 0 Å². The van der Waals surface area contributed by atoms with E-state index in [1.807, 2.05) is 0 Å². The molecule has 0 atom stereocenters. The van der Waals surface area contributed by atoms with Gasteiger partial charge in [-0.1, -0.05) is 12.1 Å². The van der Waals surface area contributed by atoms with E-state index >= 15 is 0 Å². The molecule has 0 spiro atoms. The summed E-state index contributed by atoms with van der Waals surface area (Å²) in [7, 11) is 0. The predicted octanol–water partition coefficient (Wildman–Crippen LogP) is 5.09. The maximum absolute atomic E-state index is 13.6. The molecule has 7 nitrogen and oxygen atoms in total. The monoisotopic (exact) mass is 483 g/mol. The van der Waals surface area contributed by atoms with Gasteiger partial charge in [0.1, 0.15) is 0 Å². The number of carbonyl (C=O) groups excluding carboxylic acids is 3. The molecule has 1 aliphatic carbocycles. The lowest BCUT2D eigenvalue weighted by molar-refractivity contribution is -0.136. The highest BCUT2D eigenvalue weighted by Crippen LogP contribution is 2.36. The molecule has 1 aromatic heterocycles. The Kier molecular flexibility index (Phi) is 6.72. The van der Waals surface area contributed by atoms with Crippen molar-refractivity contribution in [1.82, 2.24) is 5.32 Å². The van der Waals surface area contributed by atoms with E-state index in [1.165, 1.54) is 30.5 Å². The van der Waals surface area contributed by atoms with E-state index in [1.54, 1.807) is 24.3 Å². The lowest BCUT2D eigenvalue weighted by Crippen LogP contribution is -2.25.